The molecule has 0 saturated carbocycles. The number of pyridine rings is 2. The molecule has 0 radical (unpaired) electrons. The highest BCUT2D eigenvalue weighted by molar-refractivity contribution is 5.90. The fourth-order valence-corrected chi connectivity index (χ4v) is 3.29. The quantitative estimate of drug-likeness (QED) is 0.539. The molecule has 0 aromatic carbocycles. The van der Waals surface area contributed by atoms with E-state index in [4.69, 9.17) is 4.74 Å². The van der Waals surface area contributed by atoms with E-state index in [2.05, 4.69) is 21.1 Å². The summed E-state index contributed by atoms with van der Waals surface area (Å²) in [5.41, 5.74) is 2.20. The predicted octanol–water partition coefficient (Wildman–Crippen LogP) is 2.86. The zero-order chi connectivity index (χ0) is 21.6. The summed E-state index contributed by atoms with van der Waals surface area (Å²) < 4.78 is 8.23. The molecule has 0 aliphatic rings. The van der Waals surface area contributed by atoms with Gasteiger partial charge in [0.2, 0.25) is 5.88 Å². The second-order valence-corrected chi connectivity index (χ2v) is 7.51. The molecule has 0 atom stereocenters. The molecule has 9 heteroatoms. The Morgan fingerprint density at radius 2 is 2.07 bits per heavy atom. The van der Waals surface area contributed by atoms with Crippen LogP contribution in [0.4, 0.5) is 0 Å². The van der Waals surface area contributed by atoms with Gasteiger partial charge in [-0.15, -0.1) is 0 Å². The number of aromatic hydroxyl groups is 1. The summed E-state index contributed by atoms with van der Waals surface area (Å²) in [6, 6.07) is 5.65. The number of rotatable bonds is 4. The third-order valence-electron chi connectivity index (χ3n) is 5.03. The number of aryl methyl sites for hydroxylation is 1. The van der Waals surface area contributed by atoms with Crippen molar-refractivity contribution < 1.29 is 9.84 Å². The van der Waals surface area contributed by atoms with Gasteiger partial charge in [0.25, 0.3) is 5.56 Å². The monoisotopic (exact) mass is 404 g/mol. The van der Waals surface area contributed by atoms with Crippen molar-refractivity contribution in [1.29, 1.82) is 5.26 Å². The van der Waals surface area contributed by atoms with Crippen LogP contribution in [0.15, 0.2) is 41.7 Å². The highest BCUT2D eigenvalue weighted by atomic mass is 16.5. The summed E-state index contributed by atoms with van der Waals surface area (Å²) in [6.07, 6.45) is 6.57. The maximum absolute atomic E-state index is 11.7. The minimum Gasteiger partial charge on any atom is -0.494 e. The first-order valence-corrected chi connectivity index (χ1v) is 9.20. The van der Waals surface area contributed by atoms with Gasteiger partial charge in [0, 0.05) is 18.0 Å². The summed E-state index contributed by atoms with van der Waals surface area (Å²) in [7, 11) is 1.43. The van der Waals surface area contributed by atoms with Crippen LogP contribution in [0.5, 0.6) is 11.6 Å². The van der Waals surface area contributed by atoms with Crippen LogP contribution in [0.25, 0.3) is 27.8 Å². The highest BCUT2D eigenvalue weighted by Crippen LogP contribution is 2.34. The van der Waals surface area contributed by atoms with Crippen LogP contribution in [0.2, 0.25) is 0 Å². The molecule has 0 aliphatic carbocycles. The molecule has 4 aromatic rings. The molecule has 9 nitrogen and oxygen atoms in total. The Bertz CT molecular complexity index is 1370. The molecule has 0 amide bonds. The van der Waals surface area contributed by atoms with Crippen molar-refractivity contribution in [1.82, 2.24) is 24.3 Å². The van der Waals surface area contributed by atoms with Crippen molar-refractivity contribution in [3.63, 3.8) is 0 Å². The molecule has 4 heterocycles. The number of aromatic nitrogens is 5. The predicted molar refractivity (Wildman–Crippen MR) is 111 cm³/mol. The molecule has 0 fully saturated rings. The third-order valence-corrected chi connectivity index (χ3v) is 5.03. The molecule has 2 N–H and O–H groups in total. The molecule has 0 aliphatic heterocycles. The van der Waals surface area contributed by atoms with Crippen LogP contribution >= 0.6 is 0 Å². The molecule has 0 bridgehead atoms. The Kier molecular flexibility index (Phi) is 4.35. The molecule has 30 heavy (non-hydrogen) atoms. The van der Waals surface area contributed by atoms with E-state index in [1.807, 2.05) is 13.0 Å². The van der Waals surface area contributed by atoms with Crippen molar-refractivity contribution in [2.45, 2.75) is 26.3 Å². The van der Waals surface area contributed by atoms with Gasteiger partial charge >= 0.3 is 0 Å². The van der Waals surface area contributed by atoms with Gasteiger partial charge in [-0.05, 0) is 38.5 Å². The Hall–Kier alpha value is -4.06. The number of fused-ring (bicyclic) bond motifs is 1. The standard InChI is InChI=1S/C21H20N6O3/c1-12-5-15(13-6-17(30-4)19(28)23-7-13)25-16-10-26(20(29)18(12)16)14-8-24-27(9-14)21(2,3)11-22/h5-10,29H,1-4H3,(H,23,28). The van der Waals surface area contributed by atoms with Gasteiger partial charge in [0.1, 0.15) is 5.54 Å². The zero-order valence-electron chi connectivity index (χ0n) is 17.0. The Labute approximate surface area is 171 Å². The van der Waals surface area contributed by atoms with Crippen LogP contribution < -0.4 is 10.3 Å². The van der Waals surface area contributed by atoms with E-state index >= 15 is 0 Å². The SMILES string of the molecule is COc1cc(-c2cc(C)c3c(O)n(-c4cnn(C(C)(C)C#N)c4)cc3n2)c[nH]c1=O. The van der Waals surface area contributed by atoms with Crippen molar-refractivity contribution in [3.05, 3.63) is 52.8 Å². The van der Waals surface area contributed by atoms with E-state index in [0.717, 1.165) is 5.56 Å². The van der Waals surface area contributed by atoms with Crippen LogP contribution in [0, 0.1) is 18.3 Å². The van der Waals surface area contributed by atoms with Crippen molar-refractivity contribution in [3.8, 4) is 34.6 Å². The second-order valence-electron chi connectivity index (χ2n) is 7.51. The first-order chi connectivity index (χ1) is 14.2. The number of hydrogen-bond donors (Lipinski definition) is 2. The minimum atomic E-state index is -0.814. The fraction of sp³-hybridized carbons (Fsp3) is 0.238. The minimum absolute atomic E-state index is 0.0370. The summed E-state index contributed by atoms with van der Waals surface area (Å²) in [6.45, 7) is 5.39. The van der Waals surface area contributed by atoms with Crippen molar-refractivity contribution in [2.24, 2.45) is 0 Å². The van der Waals surface area contributed by atoms with Crippen LogP contribution in [-0.2, 0) is 5.54 Å². The molecule has 4 rings (SSSR count). The average Bonchev–Trinajstić information content (AvgIpc) is 3.34. The van der Waals surface area contributed by atoms with E-state index in [1.165, 1.54) is 7.11 Å². The van der Waals surface area contributed by atoms with Gasteiger partial charge < -0.3 is 14.8 Å². The van der Waals surface area contributed by atoms with E-state index in [9.17, 15) is 15.2 Å². The highest BCUT2D eigenvalue weighted by Gasteiger charge is 2.22. The molecular formula is C21H20N6O3. The Morgan fingerprint density at radius 3 is 2.77 bits per heavy atom. The first-order valence-electron chi connectivity index (χ1n) is 9.20. The summed E-state index contributed by atoms with van der Waals surface area (Å²) in [4.78, 5) is 19.0. The molecular weight excluding hydrogens is 384 g/mol. The average molecular weight is 404 g/mol. The third kappa shape index (κ3) is 2.99. The van der Waals surface area contributed by atoms with Gasteiger partial charge in [-0.1, -0.05) is 0 Å². The van der Waals surface area contributed by atoms with Gasteiger partial charge in [-0.25, -0.2) is 4.98 Å². The van der Waals surface area contributed by atoms with Crippen molar-refractivity contribution in [2.75, 3.05) is 7.11 Å². The summed E-state index contributed by atoms with van der Waals surface area (Å²) >= 11 is 0. The molecule has 0 saturated heterocycles. The maximum Gasteiger partial charge on any atom is 0.290 e. The molecule has 0 unspecified atom stereocenters. The van der Waals surface area contributed by atoms with Gasteiger partial charge in [0.15, 0.2) is 5.75 Å². The van der Waals surface area contributed by atoms with Gasteiger partial charge in [-0.3, -0.25) is 14.0 Å². The lowest BCUT2D eigenvalue weighted by Gasteiger charge is -2.15. The van der Waals surface area contributed by atoms with E-state index in [1.54, 1.807) is 54.0 Å². The van der Waals surface area contributed by atoms with E-state index in [-0.39, 0.29) is 17.2 Å². The number of nitrogens with one attached hydrogen (secondary N) is 1. The van der Waals surface area contributed by atoms with Gasteiger partial charge in [0.05, 0.1) is 47.9 Å². The van der Waals surface area contributed by atoms with Crippen LogP contribution in [-0.4, -0.2) is 36.5 Å². The number of H-pyrrole nitrogens is 1. The van der Waals surface area contributed by atoms with Gasteiger partial charge in [-0.2, -0.15) is 10.4 Å². The number of hydrogen-bond acceptors (Lipinski definition) is 6. The Morgan fingerprint density at radius 1 is 1.30 bits per heavy atom. The van der Waals surface area contributed by atoms with Crippen molar-refractivity contribution >= 4 is 10.9 Å². The molecule has 152 valence electrons. The number of ether oxygens (including phenoxy) is 1. The smallest absolute Gasteiger partial charge is 0.290 e. The summed E-state index contributed by atoms with van der Waals surface area (Å²) in [5, 5.41) is 25.0. The lowest BCUT2D eigenvalue weighted by Crippen LogP contribution is -2.24. The fourth-order valence-electron chi connectivity index (χ4n) is 3.29. The Balaban J connectivity index is 1.85. The lowest BCUT2D eigenvalue weighted by atomic mass is 10.1. The first kappa shape index (κ1) is 19.3. The topological polar surface area (TPSA) is 122 Å². The number of nitriles is 1. The zero-order valence-corrected chi connectivity index (χ0v) is 17.0. The molecule has 4 aromatic heterocycles. The molecule has 0 spiro atoms. The largest absolute Gasteiger partial charge is 0.494 e. The number of nitrogens with zero attached hydrogens (tertiary/aromatic N) is 5. The van der Waals surface area contributed by atoms with Crippen LogP contribution in [0.3, 0.4) is 0 Å². The maximum atomic E-state index is 11.7. The number of methoxy groups -OCH3 is 1. The summed E-state index contributed by atoms with van der Waals surface area (Å²) in [5.74, 6) is 0.231. The van der Waals surface area contributed by atoms with Crippen LogP contribution in [0.1, 0.15) is 19.4 Å². The van der Waals surface area contributed by atoms with E-state index < -0.39 is 5.54 Å². The lowest BCUT2D eigenvalue weighted by molar-refractivity contribution is 0.408. The number of aromatic amines is 1. The van der Waals surface area contributed by atoms with E-state index in [0.29, 0.717) is 27.8 Å². The normalized spacial score (nSPS) is 11.6. The second kappa shape index (κ2) is 6.77.